The predicted molar refractivity (Wildman–Crippen MR) is 61.3 cm³/mol. The number of benzene rings is 1. The summed E-state index contributed by atoms with van der Waals surface area (Å²) in [4.78, 5) is 11.9. The molecule has 0 N–H and O–H groups in total. The third-order valence-corrected chi connectivity index (χ3v) is 2.42. The molecule has 1 aromatic carbocycles. The summed E-state index contributed by atoms with van der Waals surface area (Å²) in [6, 6.07) is 8.90. The minimum Gasteiger partial charge on any atom is -0.497 e. The van der Waals surface area contributed by atoms with Crippen molar-refractivity contribution in [1.82, 2.24) is 0 Å². The van der Waals surface area contributed by atoms with E-state index in [0.29, 0.717) is 17.7 Å². The van der Waals surface area contributed by atoms with Crippen LogP contribution in [0.25, 0.3) is 0 Å². The Kier molecular flexibility index (Phi) is 4.53. The largest absolute Gasteiger partial charge is 0.497 e. The van der Waals surface area contributed by atoms with Crippen LogP contribution in [-0.2, 0) is 0 Å². The molecule has 0 aliphatic heterocycles. The number of carbonyl (C=O) groups is 1. The Hall–Kier alpha value is -1.82. The normalized spacial score (nSPS) is 11.6. The second kappa shape index (κ2) is 5.92. The molecule has 1 aromatic rings. The number of ketones is 1. The molecule has 0 aromatic heterocycles. The number of ether oxygens (including phenoxy) is 1. The molecule has 0 heterocycles. The molecule has 0 saturated heterocycles. The molecule has 0 fully saturated rings. The summed E-state index contributed by atoms with van der Waals surface area (Å²) < 4.78 is 5.01. The average molecular weight is 217 g/mol. The van der Waals surface area contributed by atoms with E-state index in [4.69, 9.17) is 10.00 Å². The quantitative estimate of drug-likeness (QED) is 0.712. The summed E-state index contributed by atoms with van der Waals surface area (Å²) in [5.41, 5.74) is 0.570. The fourth-order valence-corrected chi connectivity index (χ4v) is 1.50. The van der Waals surface area contributed by atoms with Gasteiger partial charge in [0.2, 0.25) is 0 Å². The molecule has 0 amide bonds. The van der Waals surface area contributed by atoms with Gasteiger partial charge in [0.25, 0.3) is 0 Å². The minimum atomic E-state index is -0.529. The van der Waals surface area contributed by atoms with Gasteiger partial charge in [-0.3, -0.25) is 4.79 Å². The molecule has 16 heavy (non-hydrogen) atoms. The van der Waals surface area contributed by atoms with Crippen molar-refractivity contribution in [3.63, 3.8) is 0 Å². The molecule has 0 aliphatic rings. The number of rotatable bonds is 5. The minimum absolute atomic E-state index is 0.105. The summed E-state index contributed by atoms with van der Waals surface area (Å²) in [6.07, 6.45) is 1.45. The molecule has 84 valence electrons. The summed E-state index contributed by atoms with van der Waals surface area (Å²) in [7, 11) is 1.58. The van der Waals surface area contributed by atoms with E-state index in [1.165, 1.54) is 0 Å². The van der Waals surface area contributed by atoms with Gasteiger partial charge in [-0.2, -0.15) is 5.26 Å². The van der Waals surface area contributed by atoms with Gasteiger partial charge < -0.3 is 4.74 Å². The maximum absolute atomic E-state index is 11.9. The zero-order valence-corrected chi connectivity index (χ0v) is 9.56. The highest BCUT2D eigenvalue weighted by Crippen LogP contribution is 2.17. The molecule has 3 heteroatoms. The van der Waals surface area contributed by atoms with Crippen molar-refractivity contribution in [1.29, 1.82) is 5.26 Å². The SMILES string of the molecule is CCCC(C#N)C(=O)c1ccc(OC)cc1. The van der Waals surface area contributed by atoms with Crippen LogP contribution in [0.1, 0.15) is 30.1 Å². The zero-order valence-electron chi connectivity index (χ0n) is 9.56. The van der Waals surface area contributed by atoms with Crippen molar-refractivity contribution in [3.05, 3.63) is 29.8 Å². The van der Waals surface area contributed by atoms with E-state index in [2.05, 4.69) is 0 Å². The fourth-order valence-electron chi connectivity index (χ4n) is 1.50. The second-order valence-electron chi connectivity index (χ2n) is 3.56. The van der Waals surface area contributed by atoms with E-state index < -0.39 is 5.92 Å². The molecule has 1 atom stereocenters. The molecule has 0 bridgehead atoms. The van der Waals surface area contributed by atoms with Crippen LogP contribution in [-0.4, -0.2) is 12.9 Å². The highest BCUT2D eigenvalue weighted by molar-refractivity contribution is 5.99. The number of hydrogen-bond acceptors (Lipinski definition) is 3. The number of carbonyl (C=O) groups excluding carboxylic acids is 1. The maximum Gasteiger partial charge on any atom is 0.179 e. The average Bonchev–Trinajstić information content (AvgIpc) is 2.35. The summed E-state index contributed by atoms with van der Waals surface area (Å²) in [6.45, 7) is 1.96. The van der Waals surface area contributed by atoms with E-state index in [0.717, 1.165) is 6.42 Å². The number of nitriles is 1. The molecule has 0 saturated carbocycles. The molecule has 1 unspecified atom stereocenters. The van der Waals surface area contributed by atoms with Crippen LogP contribution in [0.15, 0.2) is 24.3 Å². The van der Waals surface area contributed by atoms with Crippen molar-refractivity contribution in [2.45, 2.75) is 19.8 Å². The monoisotopic (exact) mass is 217 g/mol. The smallest absolute Gasteiger partial charge is 0.179 e. The lowest BCUT2D eigenvalue weighted by molar-refractivity contribution is 0.0943. The lowest BCUT2D eigenvalue weighted by atomic mass is 9.95. The van der Waals surface area contributed by atoms with Crippen molar-refractivity contribution in [2.24, 2.45) is 5.92 Å². The van der Waals surface area contributed by atoms with E-state index in [9.17, 15) is 4.79 Å². The van der Waals surface area contributed by atoms with E-state index in [-0.39, 0.29) is 5.78 Å². The maximum atomic E-state index is 11.9. The Morgan fingerprint density at radius 1 is 1.44 bits per heavy atom. The summed E-state index contributed by atoms with van der Waals surface area (Å²) in [5, 5.41) is 8.89. The summed E-state index contributed by atoms with van der Waals surface area (Å²) in [5.74, 6) is 0.0750. The van der Waals surface area contributed by atoms with Gasteiger partial charge in [0.1, 0.15) is 11.7 Å². The van der Waals surface area contributed by atoms with Gasteiger partial charge >= 0.3 is 0 Å². The van der Waals surface area contributed by atoms with E-state index in [1.807, 2.05) is 13.0 Å². The summed E-state index contributed by atoms with van der Waals surface area (Å²) >= 11 is 0. The first kappa shape index (κ1) is 12.3. The van der Waals surface area contributed by atoms with E-state index >= 15 is 0 Å². The van der Waals surface area contributed by atoms with Crippen molar-refractivity contribution >= 4 is 5.78 Å². The van der Waals surface area contributed by atoms with Crippen LogP contribution >= 0.6 is 0 Å². The highest BCUT2D eigenvalue weighted by atomic mass is 16.5. The third-order valence-electron chi connectivity index (χ3n) is 2.42. The van der Waals surface area contributed by atoms with Gasteiger partial charge in [0, 0.05) is 5.56 Å². The molecular weight excluding hydrogens is 202 g/mol. The Morgan fingerprint density at radius 2 is 2.06 bits per heavy atom. The van der Waals surface area contributed by atoms with Crippen LogP contribution < -0.4 is 4.74 Å². The lowest BCUT2D eigenvalue weighted by Crippen LogP contribution is -2.12. The topological polar surface area (TPSA) is 50.1 Å². The van der Waals surface area contributed by atoms with Crippen molar-refractivity contribution < 1.29 is 9.53 Å². The Balaban J connectivity index is 2.83. The third kappa shape index (κ3) is 2.83. The van der Waals surface area contributed by atoms with Gasteiger partial charge in [-0.05, 0) is 30.7 Å². The van der Waals surface area contributed by atoms with Gasteiger partial charge in [0.05, 0.1) is 13.2 Å². The Labute approximate surface area is 95.7 Å². The van der Waals surface area contributed by atoms with Crippen LogP contribution in [0, 0.1) is 17.2 Å². The van der Waals surface area contributed by atoms with Crippen LogP contribution in [0.5, 0.6) is 5.75 Å². The standard InChI is InChI=1S/C13H15NO2/c1-3-4-11(9-14)13(15)10-5-7-12(16-2)8-6-10/h5-8,11H,3-4H2,1-2H3. The zero-order chi connectivity index (χ0) is 12.0. The number of methoxy groups -OCH3 is 1. The van der Waals surface area contributed by atoms with E-state index in [1.54, 1.807) is 31.4 Å². The lowest BCUT2D eigenvalue weighted by Gasteiger charge is -2.07. The Morgan fingerprint density at radius 3 is 2.50 bits per heavy atom. The van der Waals surface area contributed by atoms with Crippen LogP contribution in [0.2, 0.25) is 0 Å². The first-order chi connectivity index (χ1) is 7.72. The predicted octanol–water partition coefficient (Wildman–Crippen LogP) is 2.82. The van der Waals surface area contributed by atoms with Gasteiger partial charge in [-0.1, -0.05) is 13.3 Å². The first-order valence-electron chi connectivity index (χ1n) is 5.30. The molecule has 3 nitrogen and oxygen atoms in total. The highest BCUT2D eigenvalue weighted by Gasteiger charge is 2.18. The molecular formula is C13H15NO2. The molecule has 0 spiro atoms. The second-order valence-corrected chi connectivity index (χ2v) is 3.56. The number of hydrogen-bond donors (Lipinski definition) is 0. The van der Waals surface area contributed by atoms with Crippen LogP contribution in [0.4, 0.5) is 0 Å². The van der Waals surface area contributed by atoms with Gasteiger partial charge in [0.15, 0.2) is 5.78 Å². The molecule has 0 radical (unpaired) electrons. The first-order valence-corrected chi connectivity index (χ1v) is 5.30. The van der Waals surface area contributed by atoms with Crippen LogP contribution in [0.3, 0.4) is 0 Å². The molecule has 0 aliphatic carbocycles. The fraction of sp³-hybridized carbons (Fsp3) is 0.385. The van der Waals surface area contributed by atoms with Crippen molar-refractivity contribution in [2.75, 3.05) is 7.11 Å². The van der Waals surface area contributed by atoms with Gasteiger partial charge in [-0.15, -0.1) is 0 Å². The van der Waals surface area contributed by atoms with Crippen molar-refractivity contribution in [3.8, 4) is 11.8 Å². The number of nitrogens with zero attached hydrogens (tertiary/aromatic N) is 1. The number of Topliss-reactive ketones (excluding diaryl/α,β-unsaturated/α-hetero) is 1. The molecule has 1 rings (SSSR count). The van der Waals surface area contributed by atoms with Gasteiger partial charge in [-0.25, -0.2) is 0 Å². The Bertz CT molecular complexity index is 389.